The lowest BCUT2D eigenvalue weighted by Crippen LogP contribution is -2.42. The standard InChI is InChI=1S/C13H19ClN4O/c1-8(2)12-16-10(14)7-11(17-12)18-6-4-5-9(18)13(19)15-3/h7-9H,4-6H2,1-3H3,(H,15,19). The Morgan fingerprint density at radius 1 is 1.53 bits per heavy atom. The lowest BCUT2D eigenvalue weighted by Gasteiger charge is -2.25. The molecular weight excluding hydrogens is 264 g/mol. The van der Waals surface area contributed by atoms with E-state index in [4.69, 9.17) is 11.6 Å². The van der Waals surface area contributed by atoms with Crippen LogP contribution in [0.15, 0.2) is 6.07 Å². The zero-order valence-electron chi connectivity index (χ0n) is 11.5. The summed E-state index contributed by atoms with van der Waals surface area (Å²) in [5.41, 5.74) is 0. The van der Waals surface area contributed by atoms with Crippen LogP contribution in [0.5, 0.6) is 0 Å². The third-order valence-electron chi connectivity index (χ3n) is 3.31. The Hall–Kier alpha value is -1.36. The van der Waals surface area contributed by atoms with Gasteiger partial charge in [0.05, 0.1) is 0 Å². The zero-order valence-corrected chi connectivity index (χ0v) is 12.2. The van der Waals surface area contributed by atoms with Gasteiger partial charge >= 0.3 is 0 Å². The maximum atomic E-state index is 11.9. The highest BCUT2D eigenvalue weighted by Crippen LogP contribution is 2.27. The monoisotopic (exact) mass is 282 g/mol. The lowest BCUT2D eigenvalue weighted by atomic mass is 10.2. The fourth-order valence-electron chi connectivity index (χ4n) is 2.31. The third kappa shape index (κ3) is 2.97. The number of hydrogen-bond acceptors (Lipinski definition) is 4. The third-order valence-corrected chi connectivity index (χ3v) is 3.50. The molecule has 0 spiro atoms. The van der Waals surface area contributed by atoms with Crippen molar-refractivity contribution in [2.75, 3.05) is 18.5 Å². The minimum Gasteiger partial charge on any atom is -0.357 e. The van der Waals surface area contributed by atoms with Gasteiger partial charge in [-0.25, -0.2) is 9.97 Å². The van der Waals surface area contributed by atoms with E-state index in [0.29, 0.717) is 11.0 Å². The predicted octanol–water partition coefficient (Wildman–Crippen LogP) is 1.97. The molecule has 104 valence electrons. The molecule has 6 heteroatoms. The Balaban J connectivity index is 2.32. The normalized spacial score (nSPS) is 19.0. The van der Waals surface area contributed by atoms with Crippen LogP contribution >= 0.6 is 11.6 Å². The van der Waals surface area contributed by atoms with Crippen LogP contribution in [0, 0.1) is 0 Å². The van der Waals surface area contributed by atoms with Gasteiger partial charge in [-0.2, -0.15) is 0 Å². The SMILES string of the molecule is CNC(=O)C1CCCN1c1cc(Cl)nc(C(C)C)n1. The smallest absolute Gasteiger partial charge is 0.242 e. The van der Waals surface area contributed by atoms with Crippen LogP contribution in [-0.4, -0.2) is 35.5 Å². The quantitative estimate of drug-likeness (QED) is 0.861. The second-order valence-corrected chi connectivity index (χ2v) is 5.41. The molecular formula is C13H19ClN4O. The van der Waals surface area contributed by atoms with Crippen molar-refractivity contribution in [3.05, 3.63) is 17.0 Å². The van der Waals surface area contributed by atoms with E-state index in [9.17, 15) is 4.79 Å². The highest BCUT2D eigenvalue weighted by Gasteiger charge is 2.31. The van der Waals surface area contributed by atoms with Gasteiger partial charge in [0.15, 0.2) is 0 Å². The maximum absolute atomic E-state index is 11.9. The molecule has 1 aliphatic heterocycles. The molecule has 0 radical (unpaired) electrons. The van der Waals surface area contributed by atoms with E-state index in [1.54, 1.807) is 13.1 Å². The number of amides is 1. The minimum atomic E-state index is -0.157. The minimum absolute atomic E-state index is 0.0262. The van der Waals surface area contributed by atoms with Crippen molar-refractivity contribution in [1.29, 1.82) is 0 Å². The molecule has 0 aromatic carbocycles. The summed E-state index contributed by atoms with van der Waals surface area (Å²) in [6, 6.07) is 1.57. The van der Waals surface area contributed by atoms with Gasteiger partial charge in [-0.05, 0) is 12.8 Å². The Kier molecular flexibility index (Phi) is 4.24. The summed E-state index contributed by atoms with van der Waals surface area (Å²) in [5.74, 6) is 1.69. The Morgan fingerprint density at radius 3 is 2.89 bits per heavy atom. The molecule has 0 bridgehead atoms. The highest BCUT2D eigenvalue weighted by atomic mass is 35.5. The number of carbonyl (C=O) groups is 1. The first-order valence-corrected chi connectivity index (χ1v) is 6.93. The van der Waals surface area contributed by atoms with Crippen LogP contribution in [0.1, 0.15) is 38.4 Å². The van der Waals surface area contributed by atoms with E-state index in [0.717, 1.165) is 25.2 Å². The second kappa shape index (κ2) is 5.74. The molecule has 1 N–H and O–H groups in total. The molecule has 1 unspecified atom stereocenters. The largest absolute Gasteiger partial charge is 0.357 e. The Morgan fingerprint density at radius 2 is 2.26 bits per heavy atom. The molecule has 2 rings (SSSR count). The molecule has 19 heavy (non-hydrogen) atoms. The highest BCUT2D eigenvalue weighted by molar-refractivity contribution is 6.29. The van der Waals surface area contributed by atoms with Crippen molar-refractivity contribution in [2.24, 2.45) is 0 Å². The van der Waals surface area contributed by atoms with Crippen LogP contribution in [0.4, 0.5) is 5.82 Å². The van der Waals surface area contributed by atoms with E-state index in [1.807, 2.05) is 18.7 Å². The summed E-state index contributed by atoms with van der Waals surface area (Å²) in [6.45, 7) is 4.87. The van der Waals surface area contributed by atoms with Crippen molar-refractivity contribution in [3.63, 3.8) is 0 Å². The van der Waals surface area contributed by atoms with Gasteiger partial charge in [-0.15, -0.1) is 0 Å². The molecule has 1 aromatic rings. The average molecular weight is 283 g/mol. The fraction of sp³-hybridized carbons (Fsp3) is 0.615. The first-order valence-electron chi connectivity index (χ1n) is 6.55. The van der Waals surface area contributed by atoms with Gasteiger partial charge in [0.25, 0.3) is 0 Å². The lowest BCUT2D eigenvalue weighted by molar-refractivity contribution is -0.121. The van der Waals surface area contributed by atoms with Gasteiger partial charge in [0, 0.05) is 25.6 Å². The molecule has 1 amide bonds. The van der Waals surface area contributed by atoms with Gasteiger partial charge in [-0.1, -0.05) is 25.4 Å². The predicted molar refractivity (Wildman–Crippen MR) is 75.6 cm³/mol. The fourth-order valence-corrected chi connectivity index (χ4v) is 2.49. The van der Waals surface area contributed by atoms with E-state index < -0.39 is 0 Å². The van der Waals surface area contributed by atoms with Crippen molar-refractivity contribution < 1.29 is 4.79 Å². The van der Waals surface area contributed by atoms with E-state index in [-0.39, 0.29) is 17.9 Å². The van der Waals surface area contributed by atoms with E-state index in [2.05, 4.69) is 15.3 Å². The summed E-state index contributed by atoms with van der Waals surface area (Å²) in [5, 5.41) is 3.13. The molecule has 1 aromatic heterocycles. The van der Waals surface area contributed by atoms with Crippen molar-refractivity contribution in [2.45, 2.75) is 38.6 Å². The number of nitrogens with one attached hydrogen (secondary N) is 1. The van der Waals surface area contributed by atoms with Crippen LogP contribution in [0.3, 0.4) is 0 Å². The molecule has 2 heterocycles. The number of likely N-dealkylation sites (N-methyl/N-ethyl adjacent to an activating group) is 1. The maximum Gasteiger partial charge on any atom is 0.242 e. The molecule has 1 aliphatic rings. The number of halogens is 1. The number of carbonyl (C=O) groups excluding carboxylic acids is 1. The number of rotatable bonds is 3. The van der Waals surface area contributed by atoms with Crippen LogP contribution < -0.4 is 10.2 Å². The first kappa shape index (κ1) is 14.1. The summed E-state index contributed by atoms with van der Waals surface area (Å²) in [4.78, 5) is 22.6. The van der Waals surface area contributed by atoms with Crippen LogP contribution in [0.2, 0.25) is 5.15 Å². The first-order chi connectivity index (χ1) is 9.02. The molecule has 1 atom stereocenters. The number of hydrogen-bond donors (Lipinski definition) is 1. The summed E-state index contributed by atoms with van der Waals surface area (Å²) < 4.78 is 0. The number of anilines is 1. The topological polar surface area (TPSA) is 58.1 Å². The van der Waals surface area contributed by atoms with Gasteiger partial charge in [0.1, 0.15) is 22.8 Å². The number of aromatic nitrogens is 2. The molecule has 0 saturated carbocycles. The Bertz CT molecular complexity index is 478. The van der Waals surface area contributed by atoms with E-state index >= 15 is 0 Å². The summed E-state index contributed by atoms with van der Waals surface area (Å²) in [6.07, 6.45) is 1.83. The second-order valence-electron chi connectivity index (χ2n) is 5.03. The summed E-state index contributed by atoms with van der Waals surface area (Å²) >= 11 is 6.06. The van der Waals surface area contributed by atoms with Crippen molar-refractivity contribution in [3.8, 4) is 0 Å². The van der Waals surface area contributed by atoms with Gasteiger partial charge < -0.3 is 10.2 Å². The van der Waals surface area contributed by atoms with Crippen molar-refractivity contribution in [1.82, 2.24) is 15.3 Å². The van der Waals surface area contributed by atoms with Crippen LogP contribution in [-0.2, 0) is 4.79 Å². The van der Waals surface area contributed by atoms with Gasteiger partial charge in [0.2, 0.25) is 5.91 Å². The number of nitrogens with zero attached hydrogens (tertiary/aromatic N) is 3. The van der Waals surface area contributed by atoms with Crippen molar-refractivity contribution >= 4 is 23.3 Å². The summed E-state index contributed by atoms with van der Waals surface area (Å²) in [7, 11) is 1.66. The van der Waals surface area contributed by atoms with Gasteiger partial charge in [-0.3, -0.25) is 4.79 Å². The average Bonchev–Trinajstić information content (AvgIpc) is 2.86. The van der Waals surface area contributed by atoms with Crippen LogP contribution in [0.25, 0.3) is 0 Å². The zero-order chi connectivity index (χ0) is 14.0. The van der Waals surface area contributed by atoms with E-state index in [1.165, 1.54) is 0 Å². The molecule has 1 saturated heterocycles. The molecule has 1 fully saturated rings. The Labute approximate surface area is 118 Å². The molecule has 5 nitrogen and oxygen atoms in total. The molecule has 0 aliphatic carbocycles.